The highest BCUT2D eigenvalue weighted by atomic mass is 28.1. The van der Waals surface area contributed by atoms with Gasteiger partial charge in [0.25, 0.3) is 0 Å². The van der Waals surface area contributed by atoms with Gasteiger partial charge in [-0.2, -0.15) is 4.99 Å². The second-order valence-corrected chi connectivity index (χ2v) is 1.11. The van der Waals surface area contributed by atoms with Crippen LogP contribution in [0.3, 0.4) is 0 Å². The van der Waals surface area contributed by atoms with Crippen molar-refractivity contribution in [1.29, 1.82) is 0 Å². The van der Waals surface area contributed by atoms with Gasteiger partial charge in [-0.25, -0.2) is 14.4 Å². The third-order valence-electron chi connectivity index (χ3n) is 0.553. The highest BCUT2D eigenvalue weighted by molar-refractivity contribution is 5.75. The molecule has 62 valence electrons. The lowest BCUT2D eigenvalue weighted by Gasteiger charge is -1.77. The molecule has 0 atom stereocenters. The standard InChI is InChI=1S/C5HN3O3.H4Si/c9-2-6-1-5(7-3-10)8-4-11;/h1H;1H4. The van der Waals surface area contributed by atoms with E-state index in [1.54, 1.807) is 0 Å². The summed E-state index contributed by atoms with van der Waals surface area (Å²) in [5.74, 6) is -0.349. The Morgan fingerprint density at radius 1 is 1.00 bits per heavy atom. The van der Waals surface area contributed by atoms with Gasteiger partial charge in [0.1, 0.15) is 0 Å². The molecule has 0 N–H and O–H groups in total. The van der Waals surface area contributed by atoms with Crippen LogP contribution in [-0.2, 0) is 14.4 Å². The summed E-state index contributed by atoms with van der Waals surface area (Å²) in [4.78, 5) is 37.4. The lowest BCUT2D eigenvalue weighted by atomic mass is 10.8. The van der Waals surface area contributed by atoms with Crippen molar-refractivity contribution < 1.29 is 14.4 Å². The number of aliphatic imine (C=N–C) groups is 3. The minimum absolute atomic E-state index is 0. The van der Waals surface area contributed by atoms with Crippen molar-refractivity contribution in [2.45, 2.75) is 0 Å². The van der Waals surface area contributed by atoms with E-state index in [1.165, 1.54) is 0 Å². The molecule has 12 heavy (non-hydrogen) atoms. The molecule has 6 nitrogen and oxygen atoms in total. The molecule has 0 heterocycles. The van der Waals surface area contributed by atoms with Gasteiger partial charge in [0.05, 0.1) is 6.20 Å². The van der Waals surface area contributed by atoms with E-state index in [0.29, 0.717) is 0 Å². The Morgan fingerprint density at radius 3 is 1.83 bits per heavy atom. The fraction of sp³-hybridized carbons (Fsp3) is 0. The number of hydrogen-bond acceptors (Lipinski definition) is 6. The first kappa shape index (κ1) is 12.7. The SMILES string of the molecule is O=C=NC=C(N=C=O)N=C=O.[SiH4]. The van der Waals surface area contributed by atoms with Gasteiger partial charge in [-0.05, 0) is 11.0 Å². The van der Waals surface area contributed by atoms with E-state index < -0.39 is 0 Å². The Bertz CT molecular complexity index is 286. The van der Waals surface area contributed by atoms with Gasteiger partial charge >= 0.3 is 0 Å². The lowest BCUT2D eigenvalue weighted by Crippen LogP contribution is -1.69. The predicted octanol–water partition coefficient (Wildman–Crippen LogP) is -1.66. The van der Waals surface area contributed by atoms with Gasteiger partial charge in [-0.1, -0.05) is 0 Å². The summed E-state index contributed by atoms with van der Waals surface area (Å²) in [5.41, 5.74) is 0. The van der Waals surface area contributed by atoms with Crippen molar-refractivity contribution in [3.63, 3.8) is 0 Å². The van der Waals surface area contributed by atoms with Gasteiger partial charge in [-0.3, -0.25) is 0 Å². The predicted molar refractivity (Wildman–Crippen MR) is 43.8 cm³/mol. The van der Waals surface area contributed by atoms with Crippen LogP contribution in [0.15, 0.2) is 27.0 Å². The molecule has 0 aromatic carbocycles. The second kappa shape index (κ2) is 9.10. The molecule has 0 saturated carbocycles. The molecule has 0 amide bonds. The molecule has 0 aliphatic carbocycles. The van der Waals surface area contributed by atoms with Gasteiger partial charge in [0, 0.05) is 0 Å². The largest absolute Gasteiger partial charge is 0.242 e. The van der Waals surface area contributed by atoms with E-state index in [4.69, 9.17) is 0 Å². The Balaban J connectivity index is 0. The molecule has 0 radical (unpaired) electrons. The molecule has 7 heteroatoms. The molecule has 0 spiro atoms. The van der Waals surface area contributed by atoms with E-state index in [2.05, 4.69) is 15.0 Å². The Labute approximate surface area is 71.5 Å². The highest BCUT2D eigenvalue weighted by Gasteiger charge is 1.86. The molecule has 0 unspecified atom stereocenters. The van der Waals surface area contributed by atoms with E-state index in [0.717, 1.165) is 24.4 Å². The van der Waals surface area contributed by atoms with E-state index in [-0.39, 0.29) is 16.8 Å². The van der Waals surface area contributed by atoms with E-state index >= 15 is 0 Å². The molecule has 0 aromatic rings. The molecular formula is C5H5N3O3Si. The van der Waals surface area contributed by atoms with Crippen molar-refractivity contribution in [3.05, 3.63) is 12.0 Å². The number of isocyanates is 3. The average Bonchev–Trinajstić information content (AvgIpc) is 2.01. The third kappa shape index (κ3) is 6.22. The molecule has 0 aliphatic rings. The average molecular weight is 183 g/mol. The molecule has 0 aromatic heterocycles. The first-order chi connectivity index (χ1) is 5.35. The summed E-state index contributed by atoms with van der Waals surface area (Å²) in [6.07, 6.45) is 4.13. The number of carbonyl (C=O) groups excluding carboxylic acids is 3. The van der Waals surface area contributed by atoms with Gasteiger partial charge in [0.15, 0.2) is 5.82 Å². The number of hydrogen-bond donors (Lipinski definition) is 0. The summed E-state index contributed by atoms with van der Waals surface area (Å²) >= 11 is 0. The van der Waals surface area contributed by atoms with Crippen LogP contribution in [0.1, 0.15) is 0 Å². The fourth-order valence-electron chi connectivity index (χ4n) is 0.260. The van der Waals surface area contributed by atoms with Crippen molar-refractivity contribution in [2.75, 3.05) is 0 Å². The van der Waals surface area contributed by atoms with Crippen LogP contribution in [0.5, 0.6) is 0 Å². The Kier molecular flexibility index (Phi) is 9.66. The highest BCUT2D eigenvalue weighted by Crippen LogP contribution is 1.94. The first-order valence-electron chi connectivity index (χ1n) is 2.28. The van der Waals surface area contributed by atoms with E-state index in [9.17, 15) is 14.4 Å². The summed E-state index contributed by atoms with van der Waals surface area (Å²) in [6.45, 7) is 0. The molecule has 0 fully saturated rings. The summed E-state index contributed by atoms with van der Waals surface area (Å²) in [7, 11) is 0. The fourth-order valence-corrected chi connectivity index (χ4v) is 0.260. The maximum Gasteiger partial charge on any atom is 0.242 e. The van der Waals surface area contributed by atoms with Gasteiger partial charge < -0.3 is 0 Å². The van der Waals surface area contributed by atoms with Crippen LogP contribution in [0.25, 0.3) is 0 Å². The van der Waals surface area contributed by atoms with Crippen LogP contribution in [0, 0.1) is 0 Å². The summed E-state index contributed by atoms with van der Waals surface area (Å²) in [6, 6.07) is 0. The second-order valence-electron chi connectivity index (χ2n) is 1.11. The zero-order valence-electron chi connectivity index (χ0n) is 5.14. The van der Waals surface area contributed by atoms with Crippen molar-refractivity contribution in [1.82, 2.24) is 0 Å². The van der Waals surface area contributed by atoms with Crippen LogP contribution >= 0.6 is 0 Å². The molecular weight excluding hydrogens is 178 g/mol. The molecule has 0 bridgehead atoms. The zero-order chi connectivity index (χ0) is 8.53. The van der Waals surface area contributed by atoms with Crippen LogP contribution in [-0.4, -0.2) is 29.2 Å². The van der Waals surface area contributed by atoms with Gasteiger partial charge in [-0.15, -0.1) is 9.98 Å². The quantitative estimate of drug-likeness (QED) is 0.298. The zero-order valence-corrected chi connectivity index (χ0v) is 5.14. The monoisotopic (exact) mass is 183 g/mol. The summed E-state index contributed by atoms with van der Waals surface area (Å²) in [5, 5.41) is 0. The number of rotatable bonds is 3. The maximum atomic E-state index is 9.59. The minimum Gasteiger partial charge on any atom is -0.211 e. The van der Waals surface area contributed by atoms with Crippen LogP contribution < -0.4 is 0 Å². The Morgan fingerprint density at radius 2 is 1.50 bits per heavy atom. The minimum atomic E-state index is -0.349. The lowest BCUT2D eigenvalue weighted by molar-refractivity contribution is 0.561. The molecule has 0 saturated heterocycles. The van der Waals surface area contributed by atoms with Crippen molar-refractivity contribution >= 4 is 29.2 Å². The van der Waals surface area contributed by atoms with Crippen molar-refractivity contribution in [2.24, 2.45) is 15.0 Å². The van der Waals surface area contributed by atoms with Crippen molar-refractivity contribution in [3.8, 4) is 0 Å². The van der Waals surface area contributed by atoms with E-state index in [1.807, 2.05) is 0 Å². The normalized spacial score (nSPS) is 5.67. The maximum absolute atomic E-state index is 9.59. The van der Waals surface area contributed by atoms with Gasteiger partial charge in [0.2, 0.25) is 18.2 Å². The molecule has 0 rings (SSSR count). The molecule has 0 aliphatic heterocycles. The van der Waals surface area contributed by atoms with Crippen LogP contribution in [0.2, 0.25) is 0 Å². The van der Waals surface area contributed by atoms with Crippen LogP contribution in [0.4, 0.5) is 0 Å². The third-order valence-corrected chi connectivity index (χ3v) is 0.553. The number of nitrogens with zero attached hydrogens (tertiary/aromatic N) is 3. The first-order valence-corrected chi connectivity index (χ1v) is 2.28. The topological polar surface area (TPSA) is 88.3 Å². The smallest absolute Gasteiger partial charge is 0.211 e. The summed E-state index contributed by atoms with van der Waals surface area (Å²) < 4.78 is 0. The Hall–Kier alpha value is -1.90.